The van der Waals surface area contributed by atoms with Crippen LogP contribution in [0.3, 0.4) is 0 Å². The molecule has 0 bridgehead atoms. The summed E-state index contributed by atoms with van der Waals surface area (Å²) in [5.41, 5.74) is 15.3. The predicted octanol–water partition coefficient (Wildman–Crippen LogP) is 18.8. The fourth-order valence-corrected chi connectivity index (χ4v) is 18.4. The first-order valence-electron chi connectivity index (χ1n) is 32.7. The van der Waals surface area contributed by atoms with Crippen molar-refractivity contribution in [1.82, 2.24) is 4.98 Å². The summed E-state index contributed by atoms with van der Waals surface area (Å²) in [6.07, 6.45) is 1.93. The summed E-state index contributed by atoms with van der Waals surface area (Å²) in [4.78, 5) is 11.7. The van der Waals surface area contributed by atoms with E-state index in [0.717, 1.165) is 50.8 Å². The molecule has 0 N–H and O–H groups in total. The molecule has 0 saturated carbocycles. The van der Waals surface area contributed by atoms with E-state index in [1.807, 2.05) is 55.3 Å². The summed E-state index contributed by atoms with van der Waals surface area (Å²) in [5, 5.41) is 5.27. The molecule has 3 aliphatic rings. The van der Waals surface area contributed by atoms with Crippen LogP contribution < -0.4 is 40.2 Å². The molecule has 0 fully saturated rings. The third-order valence-corrected chi connectivity index (χ3v) is 22.6. The van der Waals surface area contributed by atoms with Gasteiger partial charge in [-0.1, -0.05) is 243 Å². The number of rotatable bonds is 7. The quantitative estimate of drug-likeness (QED) is 0.117. The Morgan fingerprint density at radius 2 is 0.966 bits per heavy atom. The largest absolute Gasteiger partial charge is 0.509 e. The molecule has 1 spiro atoms. The SMILES string of the molecule is [2H]c1c([2H])c([2H])c(-c2cccc(-c3cc(C(C)(C)C)cc(C(C)(C)C)c3)c2N2[CH-]N(c3[c-]c(Oc4[c-]c5c(cc4)[Si]4(c6cc(C(C)(C)C)ccc6-c6ccc(C(C)(C)C)cc64)c4ccccc4N5c4cc(C(C)(C)C)ccn4)ccc3)c3ccccc32)c([2H])c1[2H].[Pt]. The second-order valence-electron chi connectivity index (χ2n) is 28.7. The number of hydrogen-bond donors (Lipinski definition) is 0. The first kappa shape index (κ1) is 53.5. The van der Waals surface area contributed by atoms with Crippen LogP contribution in [-0.2, 0) is 48.1 Å². The Labute approximate surface area is 540 Å². The molecule has 0 amide bonds. The molecule has 4 heterocycles. The van der Waals surface area contributed by atoms with Crippen molar-refractivity contribution in [2.24, 2.45) is 0 Å². The molecule has 0 saturated heterocycles. The van der Waals surface area contributed by atoms with Crippen LogP contribution >= 0.6 is 0 Å². The average molecular weight is 1340 g/mol. The molecule has 0 atom stereocenters. The van der Waals surface area contributed by atoms with Gasteiger partial charge in [-0.05, 0) is 123 Å². The zero-order valence-electron chi connectivity index (χ0n) is 57.8. The number of benzene rings is 9. The summed E-state index contributed by atoms with van der Waals surface area (Å²) < 4.78 is 52.2. The minimum Gasteiger partial charge on any atom is -0.509 e. The van der Waals surface area contributed by atoms with E-state index in [4.69, 9.17) is 13.8 Å². The summed E-state index contributed by atoms with van der Waals surface area (Å²) in [7, 11) is -3.17. The van der Waals surface area contributed by atoms with Gasteiger partial charge in [0.15, 0.2) is 0 Å². The van der Waals surface area contributed by atoms with E-state index in [9.17, 15) is 2.74 Å². The van der Waals surface area contributed by atoms with E-state index in [-0.39, 0.29) is 65.8 Å². The molecule has 0 aliphatic carbocycles. The number of fused-ring (bicyclic) bond motifs is 10. The molecule has 1 aromatic heterocycles. The van der Waals surface area contributed by atoms with Crippen molar-refractivity contribution >= 4 is 68.8 Å². The number of hydrogen-bond acceptors (Lipinski definition) is 5. The van der Waals surface area contributed by atoms with Gasteiger partial charge in [0.2, 0.25) is 0 Å². The Hall–Kier alpha value is -7.76. The minimum absolute atomic E-state index is 0. The van der Waals surface area contributed by atoms with Gasteiger partial charge in [-0.2, -0.15) is 12.1 Å². The van der Waals surface area contributed by atoms with Crippen molar-refractivity contribution in [1.29, 1.82) is 0 Å². The number of anilines is 7. The van der Waals surface area contributed by atoms with Crippen molar-refractivity contribution in [2.45, 2.75) is 131 Å². The molecule has 5 nitrogen and oxygen atoms in total. The fraction of sp³-hybridized carbons (Fsp3) is 0.250. The molecule has 13 rings (SSSR count). The van der Waals surface area contributed by atoms with E-state index >= 15 is 0 Å². The van der Waals surface area contributed by atoms with Crippen LogP contribution in [0.1, 0.15) is 139 Å². The van der Waals surface area contributed by atoms with Crippen molar-refractivity contribution in [3.63, 3.8) is 0 Å². The van der Waals surface area contributed by atoms with E-state index in [0.29, 0.717) is 28.4 Å². The maximum absolute atomic E-state index is 9.37. The second kappa shape index (κ2) is 21.5. The van der Waals surface area contributed by atoms with Gasteiger partial charge in [0, 0.05) is 72.6 Å². The van der Waals surface area contributed by atoms with Gasteiger partial charge in [-0.3, -0.25) is 0 Å². The van der Waals surface area contributed by atoms with Crippen molar-refractivity contribution < 1.29 is 32.7 Å². The van der Waals surface area contributed by atoms with Gasteiger partial charge in [-0.15, -0.1) is 47.9 Å². The molecule has 9 aromatic carbocycles. The summed E-state index contributed by atoms with van der Waals surface area (Å²) >= 11 is 0. The maximum atomic E-state index is 9.37. The van der Waals surface area contributed by atoms with Crippen molar-refractivity contribution in [2.75, 3.05) is 14.7 Å². The third kappa shape index (κ3) is 10.4. The van der Waals surface area contributed by atoms with Gasteiger partial charge in [0.1, 0.15) is 13.9 Å². The molecule has 87 heavy (non-hydrogen) atoms. The topological polar surface area (TPSA) is 31.8 Å². The Kier molecular flexibility index (Phi) is 13.2. The summed E-state index contributed by atoms with van der Waals surface area (Å²) in [5.74, 6) is 1.81. The van der Waals surface area contributed by atoms with Crippen LogP contribution in [-0.4, -0.2) is 13.1 Å². The van der Waals surface area contributed by atoms with Gasteiger partial charge in [-0.25, -0.2) is 4.98 Å². The van der Waals surface area contributed by atoms with Gasteiger partial charge in [0.05, 0.1) is 6.85 Å². The normalized spacial score (nSPS) is 15.1. The van der Waals surface area contributed by atoms with Gasteiger partial charge < -0.3 is 19.4 Å². The molecule has 0 unspecified atom stereocenters. The Morgan fingerprint density at radius 1 is 0.437 bits per heavy atom. The Bertz CT molecular complexity index is 4500. The zero-order valence-corrected chi connectivity index (χ0v) is 56.0. The molecule has 0 radical (unpaired) electrons. The number of ether oxygens (including phenoxy) is 1. The van der Waals surface area contributed by atoms with Gasteiger partial charge >= 0.3 is 0 Å². The minimum atomic E-state index is -3.17. The molecule has 442 valence electrons. The van der Waals surface area contributed by atoms with E-state index in [1.165, 1.54) is 48.6 Å². The number of pyridine rings is 1. The first-order valence-corrected chi connectivity index (χ1v) is 32.2. The maximum Gasteiger partial charge on any atom is 0.135 e. The molecule has 10 aromatic rings. The monoisotopic (exact) mass is 1340 g/mol. The number of para-hydroxylation sites is 4. The number of aromatic nitrogens is 1. The standard InChI is InChI=1S/C80H79N4OSi.Pt/c1-76(2,3)54-35-38-64-65-39-36-55(77(4,5)6)47-73(65)86(72(64)46-54)70-34-22-21-33-68(70)84(74-48-56(41-42-81-74)78(7,8)9)69-50-61(37-40-71(69)86)85-60-28-23-27-59(49-60)82-51-83(67-32-20-19-31-66(67)82)75-62(52-25-17-16-18-26-52)29-24-30-63(75)53-43-57(79(10,11)12)45-58(44-53)80(13,14)15;/h16-48,51H,1-15H3;/q-3;/i16D,17D,18D,25D,26D;. The predicted molar refractivity (Wildman–Crippen MR) is 365 cm³/mol. The molecular weight excluding hydrogens is 1260 g/mol. The Balaban J connectivity index is 0.00000816. The third-order valence-electron chi connectivity index (χ3n) is 17.7. The van der Waals surface area contributed by atoms with E-state index < -0.39 is 26.2 Å². The molecular formula is C80H79N4OPtSi-3. The smallest absolute Gasteiger partial charge is 0.135 e. The fourth-order valence-electron chi connectivity index (χ4n) is 12.8. The second-order valence-corrected chi connectivity index (χ2v) is 32.4. The first-order chi connectivity index (χ1) is 42.8. The van der Waals surface area contributed by atoms with Crippen LogP contribution in [0, 0.1) is 18.8 Å². The molecule has 7 heteroatoms. The van der Waals surface area contributed by atoms with E-state index in [2.05, 4.69) is 252 Å². The zero-order chi connectivity index (χ0) is 64.8. The Morgan fingerprint density at radius 3 is 1.56 bits per heavy atom. The van der Waals surface area contributed by atoms with Crippen LogP contribution in [0.4, 0.5) is 39.9 Å². The van der Waals surface area contributed by atoms with Gasteiger partial charge in [0.25, 0.3) is 0 Å². The summed E-state index contributed by atoms with van der Waals surface area (Å²) in [6, 6.07) is 64.8. The van der Waals surface area contributed by atoms with Crippen LogP contribution in [0.25, 0.3) is 33.4 Å². The van der Waals surface area contributed by atoms with Crippen molar-refractivity contribution in [3.8, 4) is 44.9 Å². The number of nitrogens with zero attached hydrogens (tertiary/aromatic N) is 4. The van der Waals surface area contributed by atoms with Crippen LogP contribution in [0.5, 0.6) is 11.5 Å². The average Bonchev–Trinajstić information content (AvgIpc) is 1.44. The van der Waals surface area contributed by atoms with Crippen LogP contribution in [0.15, 0.2) is 200 Å². The van der Waals surface area contributed by atoms with E-state index in [1.54, 1.807) is 0 Å². The van der Waals surface area contributed by atoms with Crippen molar-refractivity contribution in [3.05, 3.63) is 247 Å². The van der Waals surface area contributed by atoms with Crippen LogP contribution in [0.2, 0.25) is 0 Å². The summed E-state index contributed by atoms with van der Waals surface area (Å²) in [6.45, 7) is 35.9. The molecule has 3 aliphatic heterocycles.